The van der Waals surface area contributed by atoms with Gasteiger partial charge in [-0.1, -0.05) is 0 Å². The quantitative estimate of drug-likeness (QED) is 0.635. The number of nitriles is 1. The lowest BCUT2D eigenvalue weighted by molar-refractivity contribution is 0.0311. The number of rotatable bonds is 2. The molecule has 0 amide bonds. The molecule has 2 saturated heterocycles. The van der Waals surface area contributed by atoms with Gasteiger partial charge in [-0.25, -0.2) is 0 Å². The van der Waals surface area contributed by atoms with Crippen LogP contribution in [-0.4, -0.2) is 54.9 Å². The van der Waals surface area contributed by atoms with Crippen molar-refractivity contribution in [3.63, 3.8) is 0 Å². The first-order chi connectivity index (χ1) is 6.63. The van der Waals surface area contributed by atoms with Crippen molar-refractivity contribution in [3.05, 3.63) is 0 Å². The number of halogens is 1. The van der Waals surface area contributed by atoms with Gasteiger partial charge in [-0.05, 0) is 20.0 Å². The second-order valence-electron chi connectivity index (χ2n) is 4.75. The highest BCUT2D eigenvalue weighted by Gasteiger charge is 2.45. The fourth-order valence-electron chi connectivity index (χ4n) is 2.81. The SMILES string of the molecule is CN1CC2(CCN(CC(Cl)C#N)C2)C1. The van der Waals surface area contributed by atoms with Crippen LogP contribution in [-0.2, 0) is 0 Å². The lowest BCUT2D eigenvalue weighted by Gasteiger charge is -2.46. The minimum absolute atomic E-state index is 0.344. The molecule has 0 bridgehead atoms. The molecule has 1 spiro atoms. The molecule has 0 radical (unpaired) electrons. The Bertz CT molecular complexity index is 255. The van der Waals surface area contributed by atoms with Gasteiger partial charge < -0.3 is 9.80 Å². The van der Waals surface area contributed by atoms with Crippen LogP contribution in [0.4, 0.5) is 0 Å². The third-order valence-electron chi connectivity index (χ3n) is 3.29. The topological polar surface area (TPSA) is 30.3 Å². The van der Waals surface area contributed by atoms with Crippen LogP contribution in [0.2, 0.25) is 0 Å². The van der Waals surface area contributed by atoms with E-state index in [-0.39, 0.29) is 5.38 Å². The first-order valence-corrected chi connectivity index (χ1v) is 5.52. The van der Waals surface area contributed by atoms with Crippen molar-refractivity contribution in [3.8, 4) is 6.07 Å². The van der Waals surface area contributed by atoms with E-state index in [4.69, 9.17) is 16.9 Å². The molecule has 0 aliphatic carbocycles. The molecular weight excluding hydrogens is 198 g/mol. The smallest absolute Gasteiger partial charge is 0.133 e. The zero-order valence-electron chi connectivity index (χ0n) is 8.54. The summed E-state index contributed by atoms with van der Waals surface area (Å²) >= 11 is 5.82. The lowest BCUT2D eigenvalue weighted by atomic mass is 9.79. The van der Waals surface area contributed by atoms with Crippen LogP contribution in [0.25, 0.3) is 0 Å². The minimum atomic E-state index is -0.344. The van der Waals surface area contributed by atoms with Gasteiger partial charge in [0.05, 0.1) is 6.07 Å². The second-order valence-corrected chi connectivity index (χ2v) is 5.28. The van der Waals surface area contributed by atoms with Crippen LogP contribution in [0.3, 0.4) is 0 Å². The van der Waals surface area contributed by atoms with E-state index in [0.29, 0.717) is 5.41 Å². The van der Waals surface area contributed by atoms with Crippen molar-refractivity contribution < 1.29 is 0 Å². The Morgan fingerprint density at radius 3 is 2.79 bits per heavy atom. The summed E-state index contributed by atoms with van der Waals surface area (Å²) in [6.45, 7) is 5.39. The third-order valence-corrected chi connectivity index (χ3v) is 3.52. The minimum Gasteiger partial charge on any atom is -0.305 e. The summed E-state index contributed by atoms with van der Waals surface area (Å²) in [6.07, 6.45) is 1.27. The molecule has 2 aliphatic heterocycles. The summed E-state index contributed by atoms with van der Waals surface area (Å²) in [6, 6.07) is 2.08. The molecule has 2 rings (SSSR count). The highest BCUT2D eigenvalue weighted by Crippen LogP contribution is 2.38. The van der Waals surface area contributed by atoms with E-state index in [1.165, 1.54) is 19.5 Å². The van der Waals surface area contributed by atoms with Crippen molar-refractivity contribution in [1.82, 2.24) is 9.80 Å². The Hall–Kier alpha value is -0.300. The van der Waals surface area contributed by atoms with E-state index in [1.54, 1.807) is 0 Å². The molecule has 0 N–H and O–H groups in total. The zero-order valence-corrected chi connectivity index (χ0v) is 9.30. The van der Waals surface area contributed by atoms with Gasteiger partial charge in [0.2, 0.25) is 0 Å². The summed E-state index contributed by atoms with van der Waals surface area (Å²) in [5, 5.41) is 8.28. The van der Waals surface area contributed by atoms with Gasteiger partial charge in [0, 0.05) is 31.6 Å². The zero-order chi connectivity index (χ0) is 10.2. The largest absolute Gasteiger partial charge is 0.305 e. The maximum Gasteiger partial charge on any atom is 0.133 e. The molecule has 1 unspecified atom stereocenters. The van der Waals surface area contributed by atoms with Crippen molar-refractivity contribution in [2.45, 2.75) is 11.8 Å². The first kappa shape index (κ1) is 10.2. The fraction of sp³-hybridized carbons (Fsp3) is 0.900. The molecule has 2 heterocycles. The maximum absolute atomic E-state index is 8.62. The van der Waals surface area contributed by atoms with E-state index in [1.807, 2.05) is 0 Å². The van der Waals surface area contributed by atoms with Gasteiger partial charge >= 0.3 is 0 Å². The summed E-state index contributed by atoms with van der Waals surface area (Å²) in [4.78, 5) is 4.68. The molecular formula is C10H16ClN3. The van der Waals surface area contributed by atoms with Crippen molar-refractivity contribution >= 4 is 11.6 Å². The van der Waals surface area contributed by atoms with Crippen molar-refractivity contribution in [2.24, 2.45) is 5.41 Å². The lowest BCUT2D eigenvalue weighted by Crippen LogP contribution is -2.55. The molecule has 0 aromatic rings. The predicted octanol–water partition coefficient (Wildman–Crippen LogP) is 0.755. The fourth-order valence-corrected chi connectivity index (χ4v) is 3.00. The van der Waals surface area contributed by atoms with Crippen LogP contribution >= 0.6 is 11.6 Å². The monoisotopic (exact) mass is 213 g/mol. The number of hydrogen-bond donors (Lipinski definition) is 0. The number of likely N-dealkylation sites (tertiary alicyclic amines) is 2. The van der Waals surface area contributed by atoms with E-state index in [2.05, 4.69) is 22.9 Å². The Morgan fingerprint density at radius 2 is 2.21 bits per heavy atom. The molecule has 14 heavy (non-hydrogen) atoms. The van der Waals surface area contributed by atoms with Crippen LogP contribution < -0.4 is 0 Å². The van der Waals surface area contributed by atoms with Crippen LogP contribution in [0.15, 0.2) is 0 Å². The summed E-state index contributed by atoms with van der Waals surface area (Å²) in [7, 11) is 2.16. The van der Waals surface area contributed by atoms with Gasteiger partial charge in [0.1, 0.15) is 5.38 Å². The molecule has 1 atom stereocenters. The normalized spacial score (nSPS) is 28.6. The van der Waals surface area contributed by atoms with E-state index < -0.39 is 0 Å². The van der Waals surface area contributed by atoms with Crippen molar-refractivity contribution in [1.29, 1.82) is 5.26 Å². The van der Waals surface area contributed by atoms with Gasteiger partial charge in [0.25, 0.3) is 0 Å². The molecule has 0 aromatic heterocycles. The van der Waals surface area contributed by atoms with Gasteiger partial charge in [-0.3, -0.25) is 0 Å². The summed E-state index contributed by atoms with van der Waals surface area (Å²) in [5.74, 6) is 0. The maximum atomic E-state index is 8.62. The first-order valence-electron chi connectivity index (χ1n) is 5.08. The van der Waals surface area contributed by atoms with Crippen molar-refractivity contribution in [2.75, 3.05) is 39.8 Å². The average Bonchev–Trinajstić information content (AvgIpc) is 2.48. The standard InChI is InChI=1S/C10H16ClN3/c1-13-6-10(7-13)2-3-14(8-10)5-9(11)4-12/h9H,2-3,5-8H2,1H3. The predicted molar refractivity (Wildman–Crippen MR) is 56.2 cm³/mol. The highest BCUT2D eigenvalue weighted by atomic mass is 35.5. The summed E-state index contributed by atoms with van der Waals surface area (Å²) < 4.78 is 0. The van der Waals surface area contributed by atoms with Gasteiger partial charge in [0.15, 0.2) is 0 Å². The van der Waals surface area contributed by atoms with Crippen LogP contribution in [0, 0.1) is 16.7 Å². The van der Waals surface area contributed by atoms with Gasteiger partial charge in [-0.2, -0.15) is 5.26 Å². The molecule has 2 fully saturated rings. The second kappa shape index (κ2) is 3.69. The average molecular weight is 214 g/mol. The molecule has 0 aromatic carbocycles. The molecule has 4 heteroatoms. The molecule has 78 valence electrons. The molecule has 0 saturated carbocycles. The Labute approximate surface area is 90.2 Å². The van der Waals surface area contributed by atoms with E-state index in [0.717, 1.165) is 19.6 Å². The number of nitrogens with zero attached hydrogens (tertiary/aromatic N) is 3. The Morgan fingerprint density at radius 1 is 1.50 bits per heavy atom. The number of hydrogen-bond acceptors (Lipinski definition) is 3. The molecule has 3 nitrogen and oxygen atoms in total. The Balaban J connectivity index is 1.81. The van der Waals surface area contributed by atoms with Crippen LogP contribution in [0.1, 0.15) is 6.42 Å². The van der Waals surface area contributed by atoms with E-state index in [9.17, 15) is 0 Å². The summed E-state index contributed by atoms with van der Waals surface area (Å²) in [5.41, 5.74) is 0.529. The molecule has 2 aliphatic rings. The third kappa shape index (κ3) is 1.88. The van der Waals surface area contributed by atoms with Crippen LogP contribution in [0.5, 0.6) is 0 Å². The van der Waals surface area contributed by atoms with E-state index >= 15 is 0 Å². The number of alkyl halides is 1. The Kier molecular flexibility index (Phi) is 2.70. The van der Waals surface area contributed by atoms with Gasteiger partial charge in [-0.15, -0.1) is 11.6 Å². The highest BCUT2D eigenvalue weighted by molar-refractivity contribution is 6.22.